The maximum atomic E-state index is 4.43. The summed E-state index contributed by atoms with van der Waals surface area (Å²) in [5.41, 5.74) is 4.22. The second-order valence-electron chi connectivity index (χ2n) is 8.18. The zero-order chi connectivity index (χ0) is 19.8. The molecule has 2 heterocycles. The molecule has 1 saturated heterocycles. The van der Waals surface area contributed by atoms with E-state index in [0.717, 1.165) is 17.6 Å². The van der Waals surface area contributed by atoms with Crippen molar-refractivity contribution in [2.75, 3.05) is 39.0 Å². The van der Waals surface area contributed by atoms with Crippen molar-refractivity contribution in [3.05, 3.63) is 53.3 Å². The van der Waals surface area contributed by atoms with Crippen LogP contribution in [0.4, 0.5) is 0 Å². The lowest BCUT2D eigenvalue weighted by atomic mass is 9.95. The van der Waals surface area contributed by atoms with Crippen LogP contribution in [0.15, 0.2) is 41.8 Å². The Hall–Kier alpha value is -1.43. The number of hydrogen-bond acceptors (Lipinski definition) is 3. The topological polar surface area (TPSA) is 34.7 Å². The third-order valence-electron chi connectivity index (χ3n) is 6.22. The van der Waals surface area contributed by atoms with Gasteiger partial charge in [0, 0.05) is 43.1 Å². The number of benzene rings is 1. The minimum absolute atomic E-state index is 0.864. The van der Waals surface area contributed by atoms with Crippen molar-refractivity contribution in [2.24, 2.45) is 5.92 Å². The number of likely N-dealkylation sites (tertiary alicyclic amines) is 1. The predicted octanol–water partition coefficient (Wildman–Crippen LogP) is 1.45. The van der Waals surface area contributed by atoms with Crippen molar-refractivity contribution >= 4 is 11.8 Å². The van der Waals surface area contributed by atoms with Crippen LogP contribution in [0.25, 0.3) is 0 Å². The molecule has 1 aromatic carbocycles. The van der Waals surface area contributed by atoms with Gasteiger partial charge in [-0.3, -0.25) is 0 Å². The smallest absolute Gasteiger partial charge is 0.187 e. The molecule has 0 radical (unpaired) electrons. The number of quaternary nitrogens is 2. The summed E-state index contributed by atoms with van der Waals surface area (Å²) >= 11 is 1.60. The van der Waals surface area contributed by atoms with E-state index in [1.807, 2.05) is 18.6 Å². The standard InChI is InChI=1S/C23H34N4S/c1-4-26(18-21-15-24-23(28-3)25-16-21)17-20-9-12-27(13-10-20)14-11-22-8-6-5-7-19(22)2/h5-8,15-16,20H,4,9-14,17-18H2,1-3H3/p+2. The molecular weight excluding hydrogens is 364 g/mol. The minimum atomic E-state index is 0.864. The van der Waals surface area contributed by atoms with Gasteiger partial charge < -0.3 is 9.80 Å². The van der Waals surface area contributed by atoms with E-state index in [4.69, 9.17) is 0 Å². The Bertz CT molecular complexity index is 711. The highest BCUT2D eigenvalue weighted by Gasteiger charge is 2.25. The highest BCUT2D eigenvalue weighted by molar-refractivity contribution is 7.98. The third-order valence-corrected chi connectivity index (χ3v) is 6.79. The van der Waals surface area contributed by atoms with E-state index in [2.05, 4.69) is 48.1 Å². The Labute approximate surface area is 174 Å². The van der Waals surface area contributed by atoms with Crippen molar-refractivity contribution in [1.29, 1.82) is 0 Å². The molecule has 4 nitrogen and oxygen atoms in total. The average Bonchev–Trinajstić information content (AvgIpc) is 2.74. The minimum Gasteiger partial charge on any atom is -0.335 e. The lowest BCUT2D eigenvalue weighted by molar-refractivity contribution is -0.926. The summed E-state index contributed by atoms with van der Waals surface area (Å²) in [6.07, 6.45) is 9.99. The summed E-state index contributed by atoms with van der Waals surface area (Å²) in [5, 5.41) is 0.864. The van der Waals surface area contributed by atoms with Gasteiger partial charge in [0.15, 0.2) is 5.16 Å². The van der Waals surface area contributed by atoms with Gasteiger partial charge in [0.2, 0.25) is 0 Å². The Balaban J connectivity index is 1.41. The van der Waals surface area contributed by atoms with E-state index in [0.29, 0.717) is 0 Å². The Kier molecular flexibility index (Phi) is 8.31. The van der Waals surface area contributed by atoms with E-state index < -0.39 is 0 Å². The van der Waals surface area contributed by atoms with Gasteiger partial charge in [0.05, 0.1) is 32.7 Å². The number of rotatable bonds is 9. The molecule has 0 spiro atoms. The van der Waals surface area contributed by atoms with Crippen LogP contribution in [0.1, 0.15) is 36.5 Å². The number of hydrogen-bond donors (Lipinski definition) is 2. The van der Waals surface area contributed by atoms with Gasteiger partial charge in [0.25, 0.3) is 0 Å². The third kappa shape index (κ3) is 6.29. The normalized spacial score (nSPS) is 20.8. The Morgan fingerprint density at radius 1 is 1.14 bits per heavy atom. The second kappa shape index (κ2) is 10.9. The van der Waals surface area contributed by atoms with Crippen LogP contribution >= 0.6 is 11.8 Å². The maximum absolute atomic E-state index is 4.43. The molecule has 2 aromatic rings. The quantitative estimate of drug-likeness (QED) is 0.494. The van der Waals surface area contributed by atoms with E-state index >= 15 is 0 Å². The van der Waals surface area contributed by atoms with Crippen LogP contribution < -0.4 is 9.80 Å². The fourth-order valence-corrected chi connectivity index (χ4v) is 4.64. The first-order valence-corrected chi connectivity index (χ1v) is 12.0. The molecule has 28 heavy (non-hydrogen) atoms. The monoisotopic (exact) mass is 400 g/mol. The van der Waals surface area contributed by atoms with Crippen LogP contribution in [0, 0.1) is 12.8 Å². The number of aromatic nitrogens is 2. The van der Waals surface area contributed by atoms with Crippen LogP contribution in [-0.2, 0) is 13.0 Å². The predicted molar refractivity (Wildman–Crippen MR) is 117 cm³/mol. The van der Waals surface area contributed by atoms with Gasteiger partial charge >= 0.3 is 0 Å². The highest BCUT2D eigenvalue weighted by Crippen LogP contribution is 2.10. The van der Waals surface area contributed by atoms with E-state index in [-0.39, 0.29) is 0 Å². The molecule has 0 amide bonds. The molecule has 1 atom stereocenters. The lowest BCUT2D eigenvalue weighted by Crippen LogP contribution is -3.14. The summed E-state index contributed by atoms with van der Waals surface area (Å²) in [6, 6.07) is 8.84. The molecule has 0 aliphatic carbocycles. The fraction of sp³-hybridized carbons (Fsp3) is 0.565. The molecular formula is C23H36N4S+2. The molecule has 152 valence electrons. The van der Waals surface area contributed by atoms with Crippen LogP contribution in [0.2, 0.25) is 0 Å². The van der Waals surface area contributed by atoms with Crippen molar-refractivity contribution in [3.8, 4) is 0 Å². The number of piperidine rings is 1. The largest absolute Gasteiger partial charge is 0.335 e. The van der Waals surface area contributed by atoms with Crippen LogP contribution in [0.3, 0.4) is 0 Å². The average molecular weight is 401 g/mol. The first-order valence-electron chi connectivity index (χ1n) is 10.7. The van der Waals surface area contributed by atoms with Gasteiger partial charge in [-0.2, -0.15) is 0 Å². The number of aryl methyl sites for hydroxylation is 1. The summed E-state index contributed by atoms with van der Waals surface area (Å²) in [5.74, 6) is 0.864. The molecule has 2 N–H and O–H groups in total. The molecule has 3 rings (SSSR count). The fourth-order valence-electron chi connectivity index (χ4n) is 4.32. The number of nitrogens with zero attached hydrogens (tertiary/aromatic N) is 2. The molecule has 1 aromatic heterocycles. The van der Waals surface area contributed by atoms with Gasteiger partial charge in [-0.1, -0.05) is 36.0 Å². The summed E-state index contributed by atoms with van der Waals surface area (Å²) in [7, 11) is 0. The lowest BCUT2D eigenvalue weighted by Gasteiger charge is -2.31. The van der Waals surface area contributed by atoms with E-state index in [9.17, 15) is 0 Å². The SMILES string of the molecule is CC[NH+](Cc1cnc(SC)nc1)CC1CC[NH+](CCc2ccccc2C)CC1. The molecule has 0 bridgehead atoms. The van der Waals surface area contributed by atoms with Crippen molar-refractivity contribution in [3.63, 3.8) is 0 Å². The van der Waals surface area contributed by atoms with E-state index in [1.54, 1.807) is 21.6 Å². The van der Waals surface area contributed by atoms with Gasteiger partial charge in [0.1, 0.15) is 6.54 Å². The Morgan fingerprint density at radius 2 is 1.86 bits per heavy atom. The maximum Gasteiger partial charge on any atom is 0.187 e. The second-order valence-corrected chi connectivity index (χ2v) is 8.96. The molecule has 1 fully saturated rings. The molecule has 0 saturated carbocycles. The van der Waals surface area contributed by atoms with Crippen LogP contribution in [-0.4, -0.2) is 48.9 Å². The van der Waals surface area contributed by atoms with Gasteiger partial charge in [-0.05, 0) is 31.2 Å². The molecule has 1 aliphatic rings. The Morgan fingerprint density at radius 3 is 2.50 bits per heavy atom. The first-order chi connectivity index (χ1) is 13.7. The molecule has 1 unspecified atom stereocenters. The number of thioether (sulfide) groups is 1. The van der Waals surface area contributed by atoms with Crippen LogP contribution in [0.5, 0.6) is 0 Å². The molecule has 5 heteroatoms. The van der Waals surface area contributed by atoms with Crippen molar-refractivity contribution in [1.82, 2.24) is 9.97 Å². The molecule has 1 aliphatic heterocycles. The van der Waals surface area contributed by atoms with Crippen molar-refractivity contribution < 1.29 is 9.80 Å². The zero-order valence-electron chi connectivity index (χ0n) is 17.7. The van der Waals surface area contributed by atoms with Gasteiger partial charge in [-0.25, -0.2) is 9.97 Å². The zero-order valence-corrected chi connectivity index (χ0v) is 18.5. The summed E-state index contributed by atoms with van der Waals surface area (Å²) in [6.45, 7) is 12.0. The van der Waals surface area contributed by atoms with Crippen molar-refractivity contribution in [2.45, 2.75) is 44.8 Å². The summed E-state index contributed by atoms with van der Waals surface area (Å²) in [4.78, 5) is 12.3. The van der Waals surface area contributed by atoms with E-state index in [1.165, 1.54) is 68.7 Å². The highest BCUT2D eigenvalue weighted by atomic mass is 32.2. The summed E-state index contributed by atoms with van der Waals surface area (Å²) < 4.78 is 0. The first kappa shape index (κ1) is 21.3. The number of nitrogens with one attached hydrogen (secondary N) is 2. The van der Waals surface area contributed by atoms with Gasteiger partial charge in [-0.15, -0.1) is 0 Å².